The summed E-state index contributed by atoms with van der Waals surface area (Å²) in [5.74, 6) is 2.16. The average molecular weight is 391 g/mol. The number of terminal acetylenes is 1. The summed E-state index contributed by atoms with van der Waals surface area (Å²) >= 11 is 0. The number of oxime groups is 1. The molecule has 1 amide bonds. The fraction of sp³-hybridized carbons (Fsp3) is 0.304. The minimum absolute atomic E-state index is 0.0293. The Morgan fingerprint density at radius 1 is 1.28 bits per heavy atom. The molecule has 1 aliphatic rings. The molecule has 0 unspecified atom stereocenters. The van der Waals surface area contributed by atoms with E-state index in [4.69, 9.17) is 22.1 Å². The molecule has 1 aromatic carbocycles. The Bertz CT molecular complexity index is 973. The van der Waals surface area contributed by atoms with Crippen LogP contribution >= 0.6 is 0 Å². The van der Waals surface area contributed by atoms with E-state index in [1.807, 2.05) is 31.2 Å². The molecular weight excluding hydrogens is 364 g/mol. The molecule has 4 N–H and O–H groups in total. The lowest BCUT2D eigenvalue weighted by Gasteiger charge is -2.22. The second-order valence-corrected chi connectivity index (χ2v) is 7.04. The van der Waals surface area contributed by atoms with E-state index in [1.165, 1.54) is 18.2 Å². The van der Waals surface area contributed by atoms with Crippen LogP contribution in [0.2, 0.25) is 0 Å². The maximum absolute atomic E-state index is 11.9. The molecular formula is C23H27N4O2+. The van der Waals surface area contributed by atoms with Crippen LogP contribution in [0.15, 0.2) is 51.7 Å². The van der Waals surface area contributed by atoms with Crippen molar-refractivity contribution in [3.63, 3.8) is 0 Å². The highest BCUT2D eigenvalue weighted by molar-refractivity contribution is 6.45. The van der Waals surface area contributed by atoms with E-state index in [2.05, 4.69) is 23.3 Å². The van der Waals surface area contributed by atoms with Gasteiger partial charge in [0, 0.05) is 18.2 Å². The van der Waals surface area contributed by atoms with Gasteiger partial charge < -0.3 is 10.2 Å². The van der Waals surface area contributed by atoms with Crippen LogP contribution in [0.5, 0.6) is 0 Å². The van der Waals surface area contributed by atoms with E-state index in [9.17, 15) is 4.79 Å². The van der Waals surface area contributed by atoms with E-state index in [1.54, 1.807) is 6.92 Å². The first-order valence-corrected chi connectivity index (χ1v) is 9.32. The first-order chi connectivity index (χ1) is 13.8. The van der Waals surface area contributed by atoms with Gasteiger partial charge in [0.1, 0.15) is 18.0 Å². The lowest BCUT2D eigenvalue weighted by atomic mass is 9.85. The summed E-state index contributed by atoms with van der Waals surface area (Å²) in [5, 5.41) is 21.0. The van der Waals surface area contributed by atoms with Gasteiger partial charge in [0.25, 0.3) is 5.91 Å². The second-order valence-electron chi connectivity index (χ2n) is 7.04. The molecule has 0 bridgehead atoms. The molecule has 0 aromatic heterocycles. The number of amides is 1. The average Bonchev–Trinajstić information content (AvgIpc) is 2.74. The van der Waals surface area contributed by atoms with Crippen molar-refractivity contribution in [2.24, 2.45) is 5.16 Å². The fourth-order valence-electron chi connectivity index (χ4n) is 3.00. The quantitative estimate of drug-likeness (QED) is 0.286. The van der Waals surface area contributed by atoms with Crippen LogP contribution in [0.3, 0.4) is 0 Å². The lowest BCUT2D eigenvalue weighted by Crippen LogP contribution is -2.44. The summed E-state index contributed by atoms with van der Waals surface area (Å²) in [7, 11) is 1.52. The Morgan fingerprint density at radius 2 is 1.90 bits per heavy atom. The number of hydrogen-bond acceptors (Lipinski definition) is 4. The van der Waals surface area contributed by atoms with Crippen molar-refractivity contribution >= 4 is 23.0 Å². The zero-order chi connectivity index (χ0) is 21.6. The number of benzene rings is 1. The van der Waals surface area contributed by atoms with Crippen molar-refractivity contribution < 1.29 is 15.0 Å². The number of nitrogens with zero attached hydrogens (tertiary/aromatic N) is 1. The number of carbonyl (C=O) groups is 1. The van der Waals surface area contributed by atoms with Crippen molar-refractivity contribution in [3.05, 3.63) is 57.7 Å². The first-order valence-electron chi connectivity index (χ1n) is 9.32. The molecule has 1 aliphatic carbocycles. The van der Waals surface area contributed by atoms with Crippen molar-refractivity contribution in [1.82, 2.24) is 5.32 Å². The molecule has 150 valence electrons. The van der Waals surface area contributed by atoms with E-state index < -0.39 is 5.91 Å². The number of carbonyl (C=O) groups excluding carboxylic acids is 1. The number of nitrogens with one attached hydrogen (secondary N) is 2. The van der Waals surface area contributed by atoms with Crippen molar-refractivity contribution in [2.75, 3.05) is 13.7 Å². The molecule has 0 saturated carbocycles. The molecule has 0 saturated heterocycles. The summed E-state index contributed by atoms with van der Waals surface area (Å²) < 4.78 is 0. The Balaban J connectivity index is 2.13. The lowest BCUT2D eigenvalue weighted by molar-refractivity contribution is -0.114. The van der Waals surface area contributed by atoms with Crippen LogP contribution < -0.4 is 10.7 Å². The molecule has 29 heavy (non-hydrogen) atoms. The topological polar surface area (TPSA) is 100 Å². The van der Waals surface area contributed by atoms with Gasteiger partial charge in [-0.2, -0.15) is 0 Å². The smallest absolute Gasteiger partial charge is 0.269 e. The van der Waals surface area contributed by atoms with Crippen LogP contribution in [-0.2, 0) is 9.63 Å². The van der Waals surface area contributed by atoms with E-state index in [0.717, 1.165) is 16.7 Å². The third-order valence-corrected chi connectivity index (χ3v) is 5.02. The highest BCUT2D eigenvalue weighted by atomic mass is 16.6. The van der Waals surface area contributed by atoms with Gasteiger partial charge in [-0.05, 0) is 69.0 Å². The summed E-state index contributed by atoms with van der Waals surface area (Å²) in [4.78, 5) is 17.5. The fourth-order valence-corrected chi connectivity index (χ4v) is 3.00. The molecule has 0 atom stereocenters. The summed E-state index contributed by atoms with van der Waals surface area (Å²) in [5.41, 5.74) is 6.57. The molecule has 1 aromatic rings. The Hall–Kier alpha value is -3.46. The van der Waals surface area contributed by atoms with Crippen molar-refractivity contribution in [2.45, 2.75) is 33.6 Å². The van der Waals surface area contributed by atoms with E-state index in [0.29, 0.717) is 29.8 Å². The molecule has 6 heteroatoms. The first kappa shape index (κ1) is 21.8. The minimum atomic E-state index is -0.405. The van der Waals surface area contributed by atoms with Crippen LogP contribution in [0.25, 0.3) is 0 Å². The van der Waals surface area contributed by atoms with Crippen molar-refractivity contribution in [3.8, 4) is 12.3 Å². The zero-order valence-electron chi connectivity index (χ0n) is 17.3. The Kier molecular flexibility index (Phi) is 7.27. The van der Waals surface area contributed by atoms with Gasteiger partial charge in [-0.15, -0.1) is 6.42 Å². The molecule has 0 spiro atoms. The molecule has 0 fully saturated rings. The normalized spacial score (nSPS) is 14.4. The third kappa shape index (κ3) is 5.29. The van der Waals surface area contributed by atoms with E-state index >= 15 is 0 Å². The van der Waals surface area contributed by atoms with Gasteiger partial charge in [-0.3, -0.25) is 15.6 Å². The highest BCUT2D eigenvalue weighted by Gasteiger charge is 2.23. The molecule has 0 heterocycles. The van der Waals surface area contributed by atoms with Crippen LogP contribution in [0, 0.1) is 17.8 Å². The maximum atomic E-state index is 11.9. The van der Waals surface area contributed by atoms with Crippen LogP contribution in [0.1, 0.15) is 44.7 Å². The predicted octanol–water partition coefficient (Wildman–Crippen LogP) is 1.80. The molecule has 2 rings (SSSR count). The molecule has 6 nitrogen and oxygen atoms in total. The number of allylic oxidation sites excluding steroid dienone is 2. The molecule has 0 aliphatic heterocycles. The van der Waals surface area contributed by atoms with Gasteiger partial charge in [0.05, 0.1) is 0 Å². The Morgan fingerprint density at radius 3 is 2.48 bits per heavy atom. The minimum Gasteiger partial charge on any atom is -0.391 e. The van der Waals surface area contributed by atoms with Gasteiger partial charge in [-0.1, -0.05) is 22.2 Å². The third-order valence-electron chi connectivity index (χ3n) is 5.02. The van der Waals surface area contributed by atoms with Crippen LogP contribution in [0.4, 0.5) is 0 Å². The summed E-state index contributed by atoms with van der Waals surface area (Å²) in [6, 6.07) is 7.31. The number of hydrogen-bond donors (Lipinski definition) is 3. The Labute approximate surface area is 171 Å². The largest absolute Gasteiger partial charge is 0.391 e. The van der Waals surface area contributed by atoms with E-state index in [-0.39, 0.29) is 12.3 Å². The summed E-state index contributed by atoms with van der Waals surface area (Å²) in [6.45, 7) is 6.03. The number of rotatable bonds is 7. The zero-order valence-corrected chi connectivity index (χ0v) is 17.3. The van der Waals surface area contributed by atoms with Gasteiger partial charge in [-0.25, -0.2) is 0 Å². The molecule has 0 radical (unpaired) electrons. The standard InChI is InChI=1S/C23H26N4O2/c1-6-17-7-9-18(10-8-17)21(24)16(4)27-29-13-19-11-14(2)15(3)12-20(19)22(25)23(28)26-5/h1,7-10,24-25H,11-13H2,2-5H3,(H,26,28)/p+1/b24-21?,25-22?,27-16+. The van der Waals surface area contributed by atoms with Gasteiger partial charge >= 0.3 is 0 Å². The SMILES string of the molecule is C#Cc1ccc(C(=[NH2+])/C(C)=N/OCC2=C(C(=N)C(=O)NC)CC(C)=C(C)C2)cc1. The van der Waals surface area contributed by atoms with Crippen molar-refractivity contribution in [1.29, 1.82) is 5.41 Å². The van der Waals surface area contributed by atoms with Crippen LogP contribution in [-0.4, -0.2) is 36.7 Å². The maximum Gasteiger partial charge on any atom is 0.269 e. The van der Waals surface area contributed by atoms with Gasteiger partial charge in [0.15, 0.2) is 0 Å². The highest BCUT2D eigenvalue weighted by Crippen LogP contribution is 2.30. The number of nitrogens with two attached hydrogens (primary N) is 1. The predicted molar refractivity (Wildman–Crippen MR) is 116 cm³/mol. The van der Waals surface area contributed by atoms with Gasteiger partial charge in [0.2, 0.25) is 5.71 Å². The second kappa shape index (κ2) is 9.65. The summed E-state index contributed by atoms with van der Waals surface area (Å²) in [6.07, 6.45) is 6.59. The monoisotopic (exact) mass is 391 g/mol.